The van der Waals surface area contributed by atoms with Crippen LogP contribution in [0, 0.1) is 5.92 Å². The van der Waals surface area contributed by atoms with E-state index < -0.39 is 5.97 Å². The summed E-state index contributed by atoms with van der Waals surface area (Å²) in [6.07, 6.45) is 3.71. The predicted molar refractivity (Wildman–Crippen MR) is 159 cm³/mol. The molecule has 2 aliphatic heterocycles. The van der Waals surface area contributed by atoms with Gasteiger partial charge in [0.05, 0.1) is 26.4 Å². The predicted octanol–water partition coefficient (Wildman–Crippen LogP) is 5.66. The second-order valence-corrected chi connectivity index (χ2v) is 12.4. The zero-order valence-corrected chi connectivity index (χ0v) is 24.7. The van der Waals surface area contributed by atoms with Gasteiger partial charge in [-0.2, -0.15) is 0 Å². The lowest BCUT2D eigenvalue weighted by molar-refractivity contribution is -0.142. The number of piperazine rings is 1. The number of aliphatic carboxylic acids is 1. The van der Waals surface area contributed by atoms with Crippen LogP contribution in [0.3, 0.4) is 0 Å². The van der Waals surface area contributed by atoms with Crippen LogP contribution in [0.4, 0.5) is 16.0 Å². The Bertz CT molecular complexity index is 1330. The van der Waals surface area contributed by atoms with Crippen LogP contribution in [0.25, 0.3) is 10.6 Å². The van der Waals surface area contributed by atoms with Gasteiger partial charge >= 0.3 is 5.97 Å². The Morgan fingerprint density at radius 2 is 1.85 bits per heavy atom. The summed E-state index contributed by atoms with van der Waals surface area (Å²) < 4.78 is 0. The van der Waals surface area contributed by atoms with Crippen LogP contribution >= 0.6 is 45.9 Å². The number of pyridine rings is 1. The minimum atomic E-state index is -0.768. The van der Waals surface area contributed by atoms with E-state index in [0.29, 0.717) is 52.5 Å². The molecule has 0 saturated carbocycles. The number of thiazole rings is 1. The largest absolute Gasteiger partial charge is 0.481 e. The van der Waals surface area contributed by atoms with E-state index in [1.807, 2.05) is 16.3 Å². The van der Waals surface area contributed by atoms with E-state index in [4.69, 9.17) is 28.2 Å². The van der Waals surface area contributed by atoms with Crippen LogP contribution < -0.4 is 15.1 Å². The number of nitrogens with zero attached hydrogens (tertiary/aromatic N) is 5. The third-order valence-electron chi connectivity index (χ3n) is 7.06. The molecule has 0 aromatic carbocycles. The molecule has 0 atom stereocenters. The molecular formula is C26H30Cl2N6O3S2. The zero-order chi connectivity index (χ0) is 27.5. The first kappa shape index (κ1) is 28.1. The van der Waals surface area contributed by atoms with Gasteiger partial charge in [-0.15, -0.1) is 11.3 Å². The van der Waals surface area contributed by atoms with E-state index in [2.05, 4.69) is 27.0 Å². The van der Waals surface area contributed by atoms with Crippen LogP contribution in [-0.2, 0) is 4.79 Å². The van der Waals surface area contributed by atoms with Crippen molar-refractivity contribution in [2.75, 3.05) is 60.9 Å². The van der Waals surface area contributed by atoms with Crippen LogP contribution in [0.1, 0.15) is 36.5 Å². The summed E-state index contributed by atoms with van der Waals surface area (Å²) in [4.78, 5) is 41.4. The van der Waals surface area contributed by atoms with E-state index in [1.165, 1.54) is 28.9 Å². The quantitative estimate of drug-likeness (QED) is 0.338. The van der Waals surface area contributed by atoms with Crippen LogP contribution in [0.5, 0.6) is 0 Å². The van der Waals surface area contributed by atoms with Crippen molar-refractivity contribution in [1.82, 2.24) is 14.9 Å². The Balaban J connectivity index is 1.31. The number of amides is 1. The maximum atomic E-state index is 13.2. The summed E-state index contributed by atoms with van der Waals surface area (Å²) in [7, 11) is 0. The third-order valence-corrected chi connectivity index (χ3v) is 9.65. The molecule has 5 heterocycles. The van der Waals surface area contributed by atoms with Crippen molar-refractivity contribution in [1.29, 1.82) is 0 Å². The average molecular weight is 610 g/mol. The van der Waals surface area contributed by atoms with Gasteiger partial charge in [0.2, 0.25) is 0 Å². The lowest BCUT2D eigenvalue weighted by Gasteiger charge is -2.35. The highest BCUT2D eigenvalue weighted by molar-refractivity contribution is 7.21. The summed E-state index contributed by atoms with van der Waals surface area (Å²) >= 11 is 15.7. The Morgan fingerprint density at radius 3 is 2.46 bits per heavy atom. The summed E-state index contributed by atoms with van der Waals surface area (Å²) in [6, 6.07) is 3.51. The number of carboxylic acids is 1. The van der Waals surface area contributed by atoms with Crippen LogP contribution in [0.2, 0.25) is 10.0 Å². The molecule has 13 heteroatoms. The summed E-state index contributed by atoms with van der Waals surface area (Å²) in [6.45, 7) is 8.17. The molecule has 5 rings (SSSR count). The molecule has 0 spiro atoms. The Hall–Kier alpha value is -2.44. The first-order valence-corrected chi connectivity index (χ1v) is 15.4. The minimum Gasteiger partial charge on any atom is -0.481 e. The molecule has 0 unspecified atom stereocenters. The molecule has 39 heavy (non-hydrogen) atoms. The number of rotatable bonds is 8. The molecule has 2 aliphatic rings. The van der Waals surface area contributed by atoms with E-state index in [9.17, 15) is 14.7 Å². The maximum Gasteiger partial charge on any atom is 0.306 e. The molecule has 2 N–H and O–H groups in total. The number of anilines is 3. The summed E-state index contributed by atoms with van der Waals surface area (Å²) in [5.74, 6) is -0.893. The smallest absolute Gasteiger partial charge is 0.306 e. The number of halogens is 2. The molecule has 9 nitrogen and oxygen atoms in total. The first-order chi connectivity index (χ1) is 18.8. The second-order valence-electron chi connectivity index (χ2n) is 9.71. The van der Waals surface area contributed by atoms with Gasteiger partial charge in [-0.05, 0) is 37.9 Å². The second kappa shape index (κ2) is 12.4. The van der Waals surface area contributed by atoms with E-state index in [1.54, 1.807) is 6.07 Å². The Kier molecular flexibility index (Phi) is 8.92. The fourth-order valence-electron chi connectivity index (χ4n) is 4.96. The number of hydrogen-bond acceptors (Lipinski definition) is 9. The van der Waals surface area contributed by atoms with Gasteiger partial charge in [-0.3, -0.25) is 19.8 Å². The number of aromatic nitrogens is 2. The molecule has 0 radical (unpaired) electrons. The minimum absolute atomic E-state index is 0.329. The topological polar surface area (TPSA) is 102 Å². The number of carboxylic acid groups (broad SMARTS) is 1. The van der Waals surface area contributed by atoms with Crippen molar-refractivity contribution in [3.8, 4) is 10.6 Å². The number of nitrogens with one attached hydrogen (secondary N) is 1. The van der Waals surface area contributed by atoms with Gasteiger partial charge in [0.15, 0.2) is 5.13 Å². The summed E-state index contributed by atoms with van der Waals surface area (Å²) in [5, 5.41) is 16.6. The summed E-state index contributed by atoms with van der Waals surface area (Å²) in [5.41, 5.74) is 1.15. The highest BCUT2D eigenvalue weighted by Crippen LogP contribution is 2.42. The fraction of sp³-hybridized carbons (Fsp3) is 0.462. The van der Waals surface area contributed by atoms with E-state index in [0.717, 1.165) is 54.7 Å². The van der Waals surface area contributed by atoms with Crippen molar-refractivity contribution in [2.45, 2.75) is 26.2 Å². The zero-order valence-electron chi connectivity index (χ0n) is 21.5. The standard InChI is InChI=1S/C26H30Cl2N6O3S2/c1-2-5-32-8-10-34(11-9-32)24-21(20-13-18(27)15-38-20)30-26(39-24)31-23(35)17-12-19(28)22(29-14-17)33-6-3-16(4-7-33)25(36)37/h12-16H,2-11H2,1H3,(H,36,37)(H,30,31,35). The SMILES string of the molecule is CCCN1CCN(c2sc(NC(=O)c3cnc(N4CCC(C(=O)O)CC4)c(Cl)c3)nc2-c2cc(Cl)cs2)CC1. The van der Waals surface area contributed by atoms with Crippen LogP contribution in [-0.4, -0.2) is 77.7 Å². The van der Waals surface area contributed by atoms with Crippen molar-refractivity contribution >= 4 is 73.7 Å². The van der Waals surface area contributed by atoms with Gasteiger partial charge in [0, 0.05) is 50.8 Å². The van der Waals surface area contributed by atoms with Crippen LogP contribution in [0.15, 0.2) is 23.7 Å². The normalized spacial score (nSPS) is 17.0. The average Bonchev–Trinajstić information content (AvgIpc) is 3.55. The Labute approximate surface area is 245 Å². The molecular weight excluding hydrogens is 579 g/mol. The fourth-order valence-corrected chi connectivity index (χ4v) is 7.41. The highest BCUT2D eigenvalue weighted by Gasteiger charge is 2.27. The lowest BCUT2D eigenvalue weighted by Crippen LogP contribution is -2.46. The molecule has 2 fully saturated rings. The van der Waals surface area contributed by atoms with Gasteiger partial charge in [-0.25, -0.2) is 9.97 Å². The number of carbonyl (C=O) groups excluding carboxylic acids is 1. The number of thiophene rings is 1. The third kappa shape index (κ3) is 6.49. The Morgan fingerprint density at radius 1 is 1.10 bits per heavy atom. The van der Waals surface area contributed by atoms with E-state index in [-0.39, 0.29) is 11.8 Å². The molecule has 0 bridgehead atoms. The number of piperidine rings is 1. The van der Waals surface area contributed by atoms with Gasteiger partial charge in [0.25, 0.3) is 5.91 Å². The van der Waals surface area contributed by atoms with Gasteiger partial charge < -0.3 is 14.9 Å². The molecule has 0 aliphatic carbocycles. The molecule has 1 amide bonds. The van der Waals surface area contributed by atoms with Gasteiger partial charge in [-0.1, -0.05) is 41.5 Å². The van der Waals surface area contributed by atoms with Crippen molar-refractivity contribution in [2.24, 2.45) is 5.92 Å². The van der Waals surface area contributed by atoms with Crippen molar-refractivity contribution in [3.63, 3.8) is 0 Å². The molecule has 208 valence electrons. The highest BCUT2D eigenvalue weighted by atomic mass is 35.5. The molecule has 3 aromatic rings. The first-order valence-electron chi connectivity index (χ1n) is 13.0. The lowest BCUT2D eigenvalue weighted by atomic mass is 9.97. The maximum absolute atomic E-state index is 13.2. The van der Waals surface area contributed by atoms with Crippen molar-refractivity contribution < 1.29 is 14.7 Å². The van der Waals surface area contributed by atoms with E-state index >= 15 is 0 Å². The van der Waals surface area contributed by atoms with Crippen molar-refractivity contribution in [3.05, 3.63) is 39.3 Å². The number of carbonyl (C=O) groups is 2. The van der Waals surface area contributed by atoms with Gasteiger partial charge in [0.1, 0.15) is 16.5 Å². The monoisotopic (exact) mass is 608 g/mol. The number of hydrogen-bond donors (Lipinski definition) is 2. The molecule has 2 saturated heterocycles. The molecule has 3 aromatic heterocycles.